The molecule has 31 heavy (non-hydrogen) atoms. The van der Waals surface area contributed by atoms with Crippen LogP contribution in [-0.2, 0) is 21.0 Å². The number of anilines is 1. The molecule has 0 radical (unpaired) electrons. The van der Waals surface area contributed by atoms with Crippen molar-refractivity contribution in [2.75, 3.05) is 37.6 Å². The van der Waals surface area contributed by atoms with Gasteiger partial charge in [0.15, 0.2) is 16.6 Å². The van der Waals surface area contributed by atoms with Crippen molar-refractivity contribution in [3.8, 4) is 5.75 Å². The van der Waals surface area contributed by atoms with Crippen LogP contribution in [0.15, 0.2) is 72.7 Å². The second-order valence-corrected chi connectivity index (χ2v) is 9.74. The third-order valence-corrected chi connectivity index (χ3v) is 6.82. The highest BCUT2D eigenvalue weighted by Crippen LogP contribution is 2.36. The van der Waals surface area contributed by atoms with E-state index in [4.69, 9.17) is 9.47 Å². The molecule has 5 nitrogen and oxygen atoms in total. The van der Waals surface area contributed by atoms with Crippen molar-refractivity contribution in [3.05, 3.63) is 78.9 Å². The van der Waals surface area contributed by atoms with Gasteiger partial charge in [0.05, 0.1) is 16.3 Å². The minimum atomic E-state index is -3.37. The Morgan fingerprint density at radius 1 is 1.10 bits per heavy atom. The summed E-state index contributed by atoms with van der Waals surface area (Å²) in [5.41, 5.74) is 2.96. The molecule has 0 amide bonds. The van der Waals surface area contributed by atoms with Crippen LogP contribution in [0, 0.1) is 12.8 Å². The van der Waals surface area contributed by atoms with E-state index in [1.54, 1.807) is 31.4 Å². The second-order valence-electron chi connectivity index (χ2n) is 7.71. The van der Waals surface area contributed by atoms with E-state index < -0.39 is 9.84 Å². The maximum Gasteiger partial charge on any atom is 0.188 e. The molecule has 2 rings (SSSR count). The Morgan fingerprint density at radius 2 is 1.74 bits per heavy atom. The number of nitrogens with zero attached hydrogens (tertiary/aromatic N) is 1. The lowest BCUT2D eigenvalue weighted by Crippen LogP contribution is -2.25. The predicted molar refractivity (Wildman–Crippen MR) is 128 cm³/mol. The summed E-state index contributed by atoms with van der Waals surface area (Å²) in [5, 5.41) is 0. The van der Waals surface area contributed by atoms with E-state index >= 15 is 0 Å². The second kappa shape index (κ2) is 11.7. The molecule has 2 aromatic rings. The number of methoxy groups -OCH3 is 1. The highest BCUT2D eigenvalue weighted by Gasteiger charge is 2.22. The molecule has 0 fully saturated rings. The van der Waals surface area contributed by atoms with Crippen molar-refractivity contribution in [1.82, 2.24) is 0 Å². The molecule has 2 aromatic carbocycles. The fourth-order valence-electron chi connectivity index (χ4n) is 3.61. The van der Waals surface area contributed by atoms with Gasteiger partial charge in [-0.25, -0.2) is 8.42 Å². The zero-order chi connectivity index (χ0) is 22.9. The van der Waals surface area contributed by atoms with E-state index in [9.17, 15) is 8.42 Å². The van der Waals surface area contributed by atoms with Gasteiger partial charge in [-0.2, -0.15) is 0 Å². The summed E-state index contributed by atoms with van der Waals surface area (Å²) < 4.78 is 36.8. The van der Waals surface area contributed by atoms with Crippen molar-refractivity contribution in [2.45, 2.75) is 25.2 Å². The first-order valence-corrected chi connectivity index (χ1v) is 12.0. The summed E-state index contributed by atoms with van der Waals surface area (Å²) in [6, 6.07) is 12.7. The molecular weight excluding hydrogens is 410 g/mol. The van der Waals surface area contributed by atoms with E-state index in [1.165, 1.54) is 0 Å². The van der Waals surface area contributed by atoms with Gasteiger partial charge in [-0.05, 0) is 48.6 Å². The largest absolute Gasteiger partial charge is 0.465 e. The van der Waals surface area contributed by atoms with Crippen molar-refractivity contribution in [3.63, 3.8) is 0 Å². The van der Waals surface area contributed by atoms with E-state index in [1.807, 2.05) is 32.1 Å². The lowest BCUT2D eigenvalue weighted by Gasteiger charge is -2.27. The summed E-state index contributed by atoms with van der Waals surface area (Å²) >= 11 is 0. The molecule has 0 aromatic heterocycles. The minimum Gasteiger partial charge on any atom is -0.465 e. The molecule has 6 heteroatoms. The molecule has 0 saturated carbocycles. The Hall–Kier alpha value is -2.57. The van der Waals surface area contributed by atoms with Crippen LogP contribution in [0.5, 0.6) is 5.75 Å². The van der Waals surface area contributed by atoms with Gasteiger partial charge in [0.25, 0.3) is 0 Å². The van der Waals surface area contributed by atoms with Crippen LogP contribution < -0.4 is 9.64 Å². The smallest absolute Gasteiger partial charge is 0.188 e. The predicted octanol–water partition coefficient (Wildman–Crippen LogP) is 4.81. The maximum atomic E-state index is 12.8. The molecule has 0 bridgehead atoms. The number of hydrogen-bond donors (Lipinski definition) is 0. The number of aryl methyl sites for hydroxylation is 1. The average Bonchev–Trinajstić information content (AvgIpc) is 2.73. The van der Waals surface area contributed by atoms with E-state index in [0.717, 1.165) is 16.8 Å². The van der Waals surface area contributed by atoms with Gasteiger partial charge in [0.2, 0.25) is 0 Å². The summed E-state index contributed by atoms with van der Waals surface area (Å²) in [5.74, 6) is 0.671. The van der Waals surface area contributed by atoms with Gasteiger partial charge in [-0.1, -0.05) is 43.3 Å². The number of benzene rings is 2. The van der Waals surface area contributed by atoms with Gasteiger partial charge in [0, 0.05) is 20.2 Å². The van der Waals surface area contributed by atoms with Crippen LogP contribution in [0.2, 0.25) is 0 Å². The van der Waals surface area contributed by atoms with E-state index in [-0.39, 0.29) is 18.5 Å². The zero-order valence-corrected chi connectivity index (χ0v) is 19.5. The van der Waals surface area contributed by atoms with Crippen LogP contribution >= 0.6 is 0 Å². The first-order chi connectivity index (χ1) is 14.8. The minimum absolute atomic E-state index is 0.0625. The lowest BCUT2D eigenvalue weighted by atomic mass is 9.98. The molecule has 0 N–H and O–H groups in total. The zero-order valence-electron chi connectivity index (χ0n) is 18.7. The van der Waals surface area contributed by atoms with Crippen molar-refractivity contribution < 1.29 is 17.9 Å². The van der Waals surface area contributed by atoms with Crippen LogP contribution in [0.4, 0.5) is 5.69 Å². The van der Waals surface area contributed by atoms with Crippen LogP contribution in [0.25, 0.3) is 0 Å². The standard InChI is InChI=1S/C25H33NO4S/c1-6-13-26(14-7-2)24-17-20(3)15-22(25(24)30-19-29-5)16-21(4)18-31(27,28)23-11-9-8-10-12-23/h6-12,15,17,21H,1-2,13-14,16,18-19H2,3-5H3. The monoisotopic (exact) mass is 443 g/mol. The molecule has 0 spiro atoms. The number of ether oxygens (including phenoxy) is 2. The number of sulfone groups is 1. The highest BCUT2D eigenvalue weighted by atomic mass is 32.2. The fraction of sp³-hybridized carbons (Fsp3) is 0.360. The number of hydrogen-bond acceptors (Lipinski definition) is 5. The molecule has 0 aliphatic rings. The Kier molecular flexibility index (Phi) is 9.34. The third kappa shape index (κ3) is 6.97. The van der Waals surface area contributed by atoms with Crippen molar-refractivity contribution >= 4 is 15.5 Å². The summed E-state index contributed by atoms with van der Waals surface area (Å²) in [6.07, 6.45) is 4.23. The quantitative estimate of drug-likeness (QED) is 0.328. The lowest BCUT2D eigenvalue weighted by molar-refractivity contribution is 0.0506. The SMILES string of the molecule is C=CCN(CC=C)c1cc(C)cc(CC(C)CS(=O)(=O)c2ccccc2)c1OCOC. The summed E-state index contributed by atoms with van der Waals surface area (Å²) in [6.45, 7) is 13.1. The van der Waals surface area contributed by atoms with Crippen molar-refractivity contribution in [2.24, 2.45) is 5.92 Å². The van der Waals surface area contributed by atoms with Crippen molar-refractivity contribution in [1.29, 1.82) is 0 Å². The molecular formula is C25H33NO4S. The van der Waals surface area contributed by atoms with Gasteiger partial charge in [-0.15, -0.1) is 13.2 Å². The Morgan fingerprint density at radius 3 is 2.32 bits per heavy atom. The normalized spacial score (nSPS) is 12.2. The van der Waals surface area contributed by atoms with Crippen LogP contribution in [-0.4, -0.2) is 41.2 Å². The van der Waals surface area contributed by atoms with Gasteiger partial charge in [0.1, 0.15) is 5.75 Å². The maximum absolute atomic E-state index is 12.8. The Labute approximate surface area is 186 Å². The molecule has 0 heterocycles. The Bertz CT molecular complexity index is 961. The first-order valence-electron chi connectivity index (χ1n) is 10.3. The van der Waals surface area contributed by atoms with Gasteiger partial charge in [-0.3, -0.25) is 0 Å². The number of rotatable bonds is 13. The molecule has 0 aliphatic heterocycles. The molecule has 0 aliphatic carbocycles. The summed E-state index contributed by atoms with van der Waals surface area (Å²) in [7, 11) is -1.79. The highest BCUT2D eigenvalue weighted by molar-refractivity contribution is 7.91. The van der Waals surface area contributed by atoms with Crippen LogP contribution in [0.3, 0.4) is 0 Å². The molecule has 0 saturated heterocycles. The van der Waals surface area contributed by atoms with E-state index in [0.29, 0.717) is 30.2 Å². The summed E-state index contributed by atoms with van der Waals surface area (Å²) in [4.78, 5) is 2.47. The molecule has 1 unspecified atom stereocenters. The molecule has 168 valence electrons. The first kappa shape index (κ1) is 24.7. The van der Waals surface area contributed by atoms with E-state index in [2.05, 4.69) is 30.2 Å². The molecule has 1 atom stereocenters. The average molecular weight is 444 g/mol. The Balaban J connectivity index is 2.37. The van der Waals surface area contributed by atoms with Crippen LogP contribution in [0.1, 0.15) is 18.1 Å². The fourth-order valence-corrected chi connectivity index (χ4v) is 5.25. The third-order valence-electron chi connectivity index (χ3n) is 4.83. The van der Waals surface area contributed by atoms with Gasteiger partial charge < -0.3 is 14.4 Å². The van der Waals surface area contributed by atoms with Gasteiger partial charge >= 0.3 is 0 Å². The topological polar surface area (TPSA) is 55.8 Å².